The molecule has 0 radical (unpaired) electrons. The minimum absolute atomic E-state index is 0.125. The highest BCUT2D eigenvalue weighted by molar-refractivity contribution is 7.40. The molecule has 6 nitrogen and oxygen atoms in total. The lowest BCUT2D eigenvalue weighted by atomic mass is 10.2. The lowest BCUT2D eigenvalue weighted by molar-refractivity contribution is 0.603. The van der Waals surface area contributed by atoms with E-state index in [2.05, 4.69) is 35.1 Å². The molecule has 6 rings (SSSR count). The number of allylic oxidation sites excluding steroid dienone is 2. The fourth-order valence-electron chi connectivity index (χ4n) is 5.94. The van der Waals surface area contributed by atoms with Gasteiger partial charge >= 0.3 is 0 Å². The van der Waals surface area contributed by atoms with Crippen molar-refractivity contribution < 1.29 is 0 Å². The average molecular weight is 651 g/mol. The normalized spacial score (nSPS) is 11.3. The van der Waals surface area contributed by atoms with Crippen LogP contribution in [0, 0.1) is 45.3 Å². The first-order valence-electron chi connectivity index (χ1n) is 15.0. The van der Waals surface area contributed by atoms with Crippen LogP contribution < -0.4 is 0 Å². The van der Waals surface area contributed by atoms with Crippen molar-refractivity contribution >= 4 is 108 Å². The van der Waals surface area contributed by atoms with Crippen molar-refractivity contribution in [1.82, 2.24) is 9.13 Å². The Morgan fingerprint density at radius 1 is 0.568 bits per heavy atom. The molecule has 0 N–H and O–H groups in total. The molecule has 6 heterocycles. The van der Waals surface area contributed by atoms with Crippen molar-refractivity contribution in [3.63, 3.8) is 0 Å². The van der Waals surface area contributed by atoms with Crippen LogP contribution in [0.25, 0.3) is 62.4 Å². The molecule has 0 atom stereocenters. The molecule has 10 heteroatoms. The van der Waals surface area contributed by atoms with Gasteiger partial charge in [0.2, 0.25) is 0 Å². The van der Waals surface area contributed by atoms with Crippen LogP contribution in [0.3, 0.4) is 0 Å². The Labute approximate surface area is 272 Å². The topological polar surface area (TPSA) is 105 Å². The van der Waals surface area contributed by atoms with Crippen LogP contribution in [0.5, 0.6) is 0 Å². The molecule has 0 fully saturated rings. The molecular formula is C34H30N6S4. The van der Waals surface area contributed by atoms with Crippen molar-refractivity contribution in [2.75, 3.05) is 0 Å². The SMILES string of the molecule is CCCCCCn1c2cc(C=C(C#N)C#N)sc2c2sc3c(sc4c5sc(C=C(C#N)C#N)cc5n(CCCCCC)c43)c21. The zero-order valence-electron chi connectivity index (χ0n) is 24.7. The van der Waals surface area contributed by atoms with Crippen LogP contribution in [0.1, 0.15) is 75.0 Å². The van der Waals surface area contributed by atoms with Gasteiger partial charge in [-0.15, -0.1) is 45.3 Å². The van der Waals surface area contributed by atoms with Gasteiger partial charge in [-0.1, -0.05) is 52.4 Å². The van der Waals surface area contributed by atoms with Gasteiger partial charge in [0.15, 0.2) is 0 Å². The van der Waals surface area contributed by atoms with Crippen molar-refractivity contribution in [2.45, 2.75) is 78.3 Å². The summed E-state index contributed by atoms with van der Waals surface area (Å²) in [5.41, 5.74) is 5.23. The quantitative estimate of drug-likeness (QED) is 0.0970. The molecular weight excluding hydrogens is 621 g/mol. The molecule has 220 valence electrons. The predicted octanol–water partition coefficient (Wildman–Crippen LogP) is 11.3. The summed E-state index contributed by atoms with van der Waals surface area (Å²) in [5, 5.41) is 37.4. The number of fused-ring (bicyclic) bond motifs is 9. The number of unbranched alkanes of at least 4 members (excludes halogenated alkanes) is 6. The molecule has 6 aromatic heterocycles. The highest BCUT2D eigenvalue weighted by atomic mass is 32.1. The van der Waals surface area contributed by atoms with Crippen molar-refractivity contribution in [1.29, 1.82) is 21.0 Å². The average Bonchev–Trinajstić information content (AvgIpc) is 3.85. The molecule has 0 bridgehead atoms. The molecule has 0 amide bonds. The number of rotatable bonds is 12. The first kappa shape index (κ1) is 30.1. The van der Waals surface area contributed by atoms with Crippen LogP contribution >= 0.6 is 45.3 Å². The molecule has 0 aliphatic heterocycles. The van der Waals surface area contributed by atoms with Gasteiger partial charge in [0, 0.05) is 22.8 Å². The Balaban J connectivity index is 1.59. The van der Waals surface area contributed by atoms with Gasteiger partial charge < -0.3 is 9.13 Å². The third-order valence-electron chi connectivity index (χ3n) is 8.00. The van der Waals surface area contributed by atoms with Gasteiger partial charge in [-0.2, -0.15) is 21.0 Å². The zero-order chi connectivity index (χ0) is 30.8. The van der Waals surface area contributed by atoms with E-state index in [4.69, 9.17) is 0 Å². The number of aromatic nitrogens is 2. The van der Waals surface area contributed by atoms with E-state index < -0.39 is 0 Å². The smallest absolute Gasteiger partial charge is 0.131 e. The second-order valence-corrected chi connectivity index (χ2v) is 15.1. The van der Waals surface area contributed by atoms with Gasteiger partial charge in [0.05, 0.1) is 50.3 Å². The summed E-state index contributed by atoms with van der Waals surface area (Å²) in [6.45, 7) is 6.33. The minimum atomic E-state index is 0.125. The zero-order valence-corrected chi connectivity index (χ0v) is 28.0. The molecule has 0 aliphatic carbocycles. The minimum Gasteiger partial charge on any atom is -0.338 e. The highest BCUT2D eigenvalue weighted by Crippen LogP contribution is 2.53. The standard InChI is InChI=1S/C34H30N6S4/c1-3-5-7-9-11-39-25-15-23(13-21(17-35)18-36)41-29(25)31-27(39)33-34(43-31)28-32(44-33)30-26(40(28)12-10-8-6-4-2)16-24(42-30)14-22(19-37)20-38/h13-16H,3-12H2,1-2H3. The van der Waals surface area contributed by atoms with Crippen LogP contribution in [-0.2, 0) is 13.1 Å². The summed E-state index contributed by atoms with van der Waals surface area (Å²) in [4.78, 5) is 1.88. The summed E-state index contributed by atoms with van der Waals surface area (Å²) in [6.07, 6.45) is 12.8. The number of nitrogens with zero attached hydrogens (tertiary/aromatic N) is 6. The number of hydrogen-bond donors (Lipinski definition) is 0. The molecule has 0 aromatic carbocycles. The number of hydrogen-bond acceptors (Lipinski definition) is 8. The van der Waals surface area contributed by atoms with Gasteiger partial charge in [-0.05, 0) is 37.1 Å². The molecule has 0 saturated carbocycles. The second kappa shape index (κ2) is 13.0. The van der Waals surface area contributed by atoms with Crippen LogP contribution in [-0.4, -0.2) is 9.13 Å². The number of nitriles is 4. The molecule has 0 saturated heterocycles. The van der Waals surface area contributed by atoms with E-state index in [0.29, 0.717) is 0 Å². The fraction of sp³-hybridized carbons (Fsp3) is 0.353. The maximum absolute atomic E-state index is 9.35. The lowest BCUT2D eigenvalue weighted by Crippen LogP contribution is -1.97. The van der Waals surface area contributed by atoms with E-state index in [1.54, 1.807) is 34.8 Å². The second-order valence-electron chi connectivity index (χ2n) is 10.9. The number of aryl methyl sites for hydroxylation is 2. The van der Waals surface area contributed by atoms with E-state index in [9.17, 15) is 21.0 Å². The van der Waals surface area contributed by atoms with Crippen molar-refractivity contribution in [3.05, 3.63) is 33.0 Å². The molecule has 0 unspecified atom stereocenters. The van der Waals surface area contributed by atoms with Gasteiger partial charge in [0.1, 0.15) is 35.4 Å². The monoisotopic (exact) mass is 650 g/mol. The fourth-order valence-corrected chi connectivity index (χ4v) is 11.3. The summed E-state index contributed by atoms with van der Waals surface area (Å²) in [7, 11) is 0. The van der Waals surface area contributed by atoms with Gasteiger partial charge in [0.25, 0.3) is 0 Å². The first-order chi connectivity index (χ1) is 21.6. The molecule has 44 heavy (non-hydrogen) atoms. The van der Waals surface area contributed by atoms with E-state index in [0.717, 1.165) is 35.7 Å². The van der Waals surface area contributed by atoms with E-state index in [1.807, 2.05) is 47.0 Å². The van der Waals surface area contributed by atoms with Gasteiger partial charge in [-0.3, -0.25) is 0 Å². The molecule has 6 aromatic rings. The number of thiophene rings is 4. The summed E-state index contributed by atoms with van der Waals surface area (Å²) in [5.74, 6) is 0. The van der Waals surface area contributed by atoms with E-state index >= 15 is 0 Å². The van der Waals surface area contributed by atoms with Crippen molar-refractivity contribution in [2.24, 2.45) is 0 Å². The Morgan fingerprint density at radius 2 is 0.955 bits per heavy atom. The van der Waals surface area contributed by atoms with E-state index in [1.165, 1.54) is 88.8 Å². The van der Waals surface area contributed by atoms with Crippen LogP contribution in [0.2, 0.25) is 0 Å². The van der Waals surface area contributed by atoms with Crippen molar-refractivity contribution in [3.8, 4) is 24.3 Å². The highest BCUT2D eigenvalue weighted by Gasteiger charge is 2.26. The maximum Gasteiger partial charge on any atom is 0.131 e. The van der Waals surface area contributed by atoms with Crippen LogP contribution in [0.15, 0.2) is 23.3 Å². The molecule has 0 spiro atoms. The van der Waals surface area contributed by atoms with E-state index in [-0.39, 0.29) is 11.1 Å². The van der Waals surface area contributed by atoms with Gasteiger partial charge in [-0.25, -0.2) is 0 Å². The summed E-state index contributed by atoms with van der Waals surface area (Å²) >= 11 is 7.07. The Kier molecular flexibility index (Phi) is 8.90. The maximum atomic E-state index is 9.35. The Morgan fingerprint density at radius 3 is 1.32 bits per heavy atom. The Bertz CT molecular complexity index is 2070. The third kappa shape index (κ3) is 5.23. The molecule has 0 aliphatic rings. The summed E-state index contributed by atoms with van der Waals surface area (Å²) in [6, 6.07) is 12.3. The lowest BCUT2D eigenvalue weighted by Gasteiger charge is -2.06. The largest absolute Gasteiger partial charge is 0.338 e. The predicted molar refractivity (Wildman–Crippen MR) is 188 cm³/mol. The third-order valence-corrected chi connectivity index (χ3v) is 13.0. The first-order valence-corrected chi connectivity index (χ1v) is 18.3. The van der Waals surface area contributed by atoms with Crippen LogP contribution in [0.4, 0.5) is 0 Å². The Hall–Kier alpha value is -3.90. The summed E-state index contributed by atoms with van der Waals surface area (Å²) < 4.78 is 12.7.